The predicted octanol–water partition coefficient (Wildman–Crippen LogP) is 2.07. The number of hydrogen-bond acceptors (Lipinski definition) is 3. The third-order valence-electron chi connectivity index (χ3n) is 2.98. The fraction of sp³-hybridized carbons (Fsp3) is 0.500. The van der Waals surface area contributed by atoms with Gasteiger partial charge < -0.3 is 5.32 Å². The maximum atomic E-state index is 13.0. The highest BCUT2D eigenvalue weighted by molar-refractivity contribution is 7.88. The molecule has 0 radical (unpaired) electrons. The van der Waals surface area contributed by atoms with Crippen LogP contribution in [0.15, 0.2) is 18.2 Å². The van der Waals surface area contributed by atoms with E-state index in [9.17, 15) is 12.8 Å². The number of rotatable bonds is 4. The molecule has 1 aromatic rings. The number of piperidine rings is 1. The molecule has 1 aromatic carbocycles. The minimum absolute atomic E-state index is 0. The van der Waals surface area contributed by atoms with Gasteiger partial charge in [-0.05, 0) is 37.1 Å². The van der Waals surface area contributed by atoms with Gasteiger partial charge in [-0.3, -0.25) is 0 Å². The average Bonchev–Trinajstić information content (AvgIpc) is 2.34. The van der Waals surface area contributed by atoms with E-state index >= 15 is 0 Å². The second kappa shape index (κ2) is 7.56. The van der Waals surface area contributed by atoms with Crippen LogP contribution in [0.25, 0.3) is 0 Å². The topological polar surface area (TPSA) is 58.2 Å². The molecule has 2 rings (SSSR count). The molecule has 1 saturated heterocycles. The van der Waals surface area contributed by atoms with Crippen molar-refractivity contribution >= 4 is 34.0 Å². The molecule has 114 valence electrons. The Hall–Kier alpha value is -0.400. The first-order valence-corrected chi connectivity index (χ1v) is 8.14. The maximum absolute atomic E-state index is 13.0. The summed E-state index contributed by atoms with van der Waals surface area (Å²) in [6.45, 7) is 1.56. The number of hydrogen-bond donors (Lipinski definition) is 2. The van der Waals surface area contributed by atoms with Crippen molar-refractivity contribution in [2.45, 2.75) is 24.6 Å². The quantitative estimate of drug-likeness (QED) is 0.880. The third kappa shape index (κ3) is 5.18. The average molecular weight is 343 g/mol. The highest BCUT2D eigenvalue weighted by Gasteiger charge is 2.20. The number of halogens is 3. The molecular formula is C12H17Cl2FN2O2S. The van der Waals surface area contributed by atoms with Gasteiger partial charge in [-0.15, -0.1) is 12.4 Å². The second-order valence-corrected chi connectivity index (χ2v) is 6.83. The molecular weight excluding hydrogens is 326 g/mol. The summed E-state index contributed by atoms with van der Waals surface area (Å²) in [7, 11) is -3.43. The molecule has 0 spiro atoms. The molecule has 0 bridgehead atoms. The lowest BCUT2D eigenvalue weighted by atomic mass is 10.1. The number of benzene rings is 1. The lowest BCUT2D eigenvalue weighted by molar-refractivity contribution is 0.428. The van der Waals surface area contributed by atoms with E-state index in [1.54, 1.807) is 0 Å². The molecule has 1 heterocycles. The van der Waals surface area contributed by atoms with Crippen LogP contribution in [0.2, 0.25) is 5.02 Å². The molecule has 0 aromatic heterocycles. The van der Waals surface area contributed by atoms with Crippen LogP contribution in [0.4, 0.5) is 4.39 Å². The van der Waals surface area contributed by atoms with Crippen LogP contribution in [0.3, 0.4) is 0 Å². The molecule has 4 nitrogen and oxygen atoms in total. The lowest BCUT2D eigenvalue weighted by Crippen LogP contribution is -2.45. The van der Waals surface area contributed by atoms with Gasteiger partial charge in [0, 0.05) is 12.6 Å². The fourth-order valence-electron chi connectivity index (χ4n) is 2.10. The first kappa shape index (κ1) is 17.7. The van der Waals surface area contributed by atoms with E-state index in [2.05, 4.69) is 10.0 Å². The summed E-state index contributed by atoms with van der Waals surface area (Å²) in [6.07, 6.45) is 1.78. The highest BCUT2D eigenvalue weighted by Crippen LogP contribution is 2.17. The lowest BCUT2D eigenvalue weighted by Gasteiger charge is -2.23. The summed E-state index contributed by atoms with van der Waals surface area (Å²) in [5, 5.41) is 3.08. The van der Waals surface area contributed by atoms with E-state index in [1.807, 2.05) is 0 Å². The minimum atomic E-state index is -3.43. The summed E-state index contributed by atoms with van der Waals surface area (Å²) in [6, 6.07) is 3.87. The molecule has 1 aliphatic rings. The Bertz CT molecular complexity index is 548. The third-order valence-corrected chi connectivity index (χ3v) is 4.68. The number of nitrogens with one attached hydrogen (secondary N) is 2. The van der Waals surface area contributed by atoms with Crippen molar-refractivity contribution in [3.63, 3.8) is 0 Å². The van der Waals surface area contributed by atoms with Crippen molar-refractivity contribution in [2.24, 2.45) is 0 Å². The summed E-state index contributed by atoms with van der Waals surface area (Å²) in [4.78, 5) is 0. The van der Waals surface area contributed by atoms with E-state index < -0.39 is 15.8 Å². The Labute approximate surface area is 129 Å². The van der Waals surface area contributed by atoms with Gasteiger partial charge in [-0.25, -0.2) is 17.5 Å². The van der Waals surface area contributed by atoms with Gasteiger partial charge in [0.25, 0.3) is 0 Å². The van der Waals surface area contributed by atoms with E-state index in [0.29, 0.717) is 12.1 Å². The Morgan fingerprint density at radius 3 is 2.80 bits per heavy atom. The summed E-state index contributed by atoms with van der Waals surface area (Å²) in [5.74, 6) is -0.740. The van der Waals surface area contributed by atoms with Crippen molar-refractivity contribution in [3.8, 4) is 0 Å². The van der Waals surface area contributed by atoms with Gasteiger partial charge >= 0.3 is 0 Å². The van der Waals surface area contributed by atoms with Gasteiger partial charge in [0.05, 0.1) is 10.8 Å². The molecule has 0 amide bonds. The molecule has 1 aliphatic heterocycles. The van der Waals surface area contributed by atoms with Crippen molar-refractivity contribution in [1.82, 2.24) is 10.0 Å². The van der Waals surface area contributed by atoms with Crippen molar-refractivity contribution in [3.05, 3.63) is 34.6 Å². The standard InChI is InChI=1S/C12H16ClFN2O2S.ClH/c13-11-6-9(3-4-12(11)14)8-19(17,18)16-10-2-1-5-15-7-10;/h3-4,6,10,15-16H,1-2,5,7-8H2;1H/t10-;/m0./s1. The first-order valence-electron chi connectivity index (χ1n) is 6.11. The van der Waals surface area contributed by atoms with Crippen molar-refractivity contribution in [1.29, 1.82) is 0 Å². The minimum Gasteiger partial charge on any atom is -0.315 e. The summed E-state index contributed by atoms with van der Waals surface area (Å²) >= 11 is 5.63. The summed E-state index contributed by atoms with van der Waals surface area (Å²) < 4.78 is 39.6. The van der Waals surface area contributed by atoms with Crippen molar-refractivity contribution < 1.29 is 12.8 Å². The molecule has 20 heavy (non-hydrogen) atoms. The van der Waals surface area contributed by atoms with Crippen LogP contribution >= 0.6 is 24.0 Å². The zero-order valence-corrected chi connectivity index (χ0v) is 13.1. The Kier molecular flexibility index (Phi) is 6.68. The van der Waals surface area contributed by atoms with E-state index in [4.69, 9.17) is 11.6 Å². The monoisotopic (exact) mass is 342 g/mol. The van der Waals surface area contributed by atoms with Gasteiger partial charge in [-0.1, -0.05) is 17.7 Å². The zero-order valence-electron chi connectivity index (χ0n) is 10.7. The Balaban J connectivity index is 0.00000200. The van der Waals surface area contributed by atoms with Gasteiger partial charge in [-0.2, -0.15) is 0 Å². The van der Waals surface area contributed by atoms with E-state index in [-0.39, 0.29) is 29.2 Å². The van der Waals surface area contributed by atoms with Crippen LogP contribution < -0.4 is 10.0 Å². The zero-order chi connectivity index (χ0) is 13.9. The van der Waals surface area contributed by atoms with Gasteiger partial charge in [0.15, 0.2) is 0 Å². The molecule has 0 aliphatic carbocycles. The van der Waals surface area contributed by atoms with Gasteiger partial charge in [0.1, 0.15) is 5.82 Å². The molecule has 0 unspecified atom stereocenters. The molecule has 1 fully saturated rings. The second-order valence-electron chi connectivity index (χ2n) is 4.67. The fourth-order valence-corrected chi connectivity index (χ4v) is 3.71. The molecule has 1 atom stereocenters. The van der Waals surface area contributed by atoms with E-state index in [1.165, 1.54) is 18.2 Å². The van der Waals surface area contributed by atoms with Crippen LogP contribution in [0.1, 0.15) is 18.4 Å². The summed E-state index contributed by atoms with van der Waals surface area (Å²) in [5.41, 5.74) is 0.475. The smallest absolute Gasteiger partial charge is 0.216 e. The Morgan fingerprint density at radius 2 is 2.20 bits per heavy atom. The highest BCUT2D eigenvalue weighted by atomic mass is 35.5. The molecule has 0 saturated carbocycles. The van der Waals surface area contributed by atoms with Crippen LogP contribution in [-0.4, -0.2) is 27.5 Å². The SMILES string of the molecule is Cl.O=S(=O)(Cc1ccc(F)c(Cl)c1)N[C@H]1CCCNC1. The van der Waals surface area contributed by atoms with Gasteiger partial charge in [0.2, 0.25) is 10.0 Å². The van der Waals surface area contributed by atoms with Crippen LogP contribution in [0.5, 0.6) is 0 Å². The predicted molar refractivity (Wildman–Crippen MR) is 80.3 cm³/mol. The van der Waals surface area contributed by atoms with Crippen LogP contribution in [-0.2, 0) is 15.8 Å². The maximum Gasteiger partial charge on any atom is 0.216 e. The number of sulfonamides is 1. The van der Waals surface area contributed by atoms with Crippen molar-refractivity contribution in [2.75, 3.05) is 13.1 Å². The molecule has 2 N–H and O–H groups in total. The van der Waals surface area contributed by atoms with Crippen LogP contribution in [0, 0.1) is 5.82 Å². The largest absolute Gasteiger partial charge is 0.315 e. The Morgan fingerprint density at radius 1 is 1.45 bits per heavy atom. The first-order chi connectivity index (χ1) is 8.96. The van der Waals surface area contributed by atoms with E-state index in [0.717, 1.165) is 19.4 Å². The normalized spacial score (nSPS) is 19.4. The molecule has 8 heteroatoms.